The van der Waals surface area contributed by atoms with Crippen LogP contribution < -0.4 is 11.1 Å². The molecule has 2 unspecified atom stereocenters. The molecule has 1 aromatic heterocycles. The first kappa shape index (κ1) is 12.6. The first-order valence-electron chi connectivity index (χ1n) is 4.70. The van der Waals surface area contributed by atoms with Crippen molar-refractivity contribution in [2.24, 2.45) is 0 Å². The van der Waals surface area contributed by atoms with Crippen LogP contribution in [0.25, 0.3) is 0 Å². The molecule has 0 radical (unpaired) electrons. The smallest absolute Gasteiger partial charge is 0.271 e. The van der Waals surface area contributed by atoms with Gasteiger partial charge in [0.25, 0.3) is 5.91 Å². The molecule has 0 saturated heterocycles. The lowest BCUT2D eigenvalue weighted by Crippen LogP contribution is -2.33. The molecule has 1 heterocycles. The van der Waals surface area contributed by atoms with Crippen molar-refractivity contribution in [2.45, 2.75) is 12.2 Å². The number of hydrogen-bond acceptors (Lipinski definition) is 5. The molecule has 16 heavy (non-hydrogen) atoms. The van der Waals surface area contributed by atoms with E-state index < -0.39 is 10.8 Å². The molecule has 1 aromatic rings. The lowest BCUT2D eigenvalue weighted by molar-refractivity contribution is 0.0948. The van der Waals surface area contributed by atoms with Crippen LogP contribution in [0.2, 0.25) is 0 Å². The molecule has 0 saturated carbocycles. The first-order chi connectivity index (χ1) is 7.50. The Morgan fingerprint density at radius 3 is 2.75 bits per heavy atom. The second-order valence-electron chi connectivity index (χ2n) is 3.36. The molecule has 2 atom stereocenters. The highest BCUT2D eigenvalue weighted by atomic mass is 32.2. The molecule has 0 fully saturated rings. The fourth-order valence-electron chi connectivity index (χ4n) is 0.908. The van der Waals surface area contributed by atoms with Crippen molar-refractivity contribution in [2.75, 3.05) is 18.5 Å². The van der Waals surface area contributed by atoms with Crippen LogP contribution in [0, 0.1) is 0 Å². The van der Waals surface area contributed by atoms with E-state index in [0.29, 0.717) is 6.54 Å². The molecule has 0 aliphatic carbocycles. The normalized spacial score (nSPS) is 14.1. The number of nitrogens with two attached hydrogens (primary N) is 1. The minimum atomic E-state index is -0.958. The van der Waals surface area contributed by atoms with E-state index in [1.165, 1.54) is 12.1 Å². The summed E-state index contributed by atoms with van der Waals surface area (Å²) in [6.45, 7) is 2.14. The number of rotatable bonds is 4. The summed E-state index contributed by atoms with van der Waals surface area (Å²) in [6.07, 6.45) is 1.60. The van der Waals surface area contributed by atoms with Gasteiger partial charge in [-0.15, -0.1) is 10.2 Å². The highest BCUT2D eigenvalue weighted by molar-refractivity contribution is 7.84. The van der Waals surface area contributed by atoms with E-state index in [1.807, 2.05) is 0 Å². The quantitative estimate of drug-likeness (QED) is 0.745. The number of hydrogen-bond donors (Lipinski definition) is 2. The Balaban J connectivity index is 2.53. The Morgan fingerprint density at radius 2 is 2.25 bits per heavy atom. The summed E-state index contributed by atoms with van der Waals surface area (Å²) in [5, 5.41) is 9.74. The van der Waals surface area contributed by atoms with Crippen molar-refractivity contribution in [1.82, 2.24) is 15.5 Å². The van der Waals surface area contributed by atoms with E-state index in [4.69, 9.17) is 5.73 Å². The largest absolute Gasteiger partial charge is 0.382 e. The third-order valence-electron chi connectivity index (χ3n) is 2.03. The van der Waals surface area contributed by atoms with Crippen molar-refractivity contribution in [3.63, 3.8) is 0 Å². The average molecular weight is 242 g/mol. The summed E-state index contributed by atoms with van der Waals surface area (Å²) in [7, 11) is -0.958. The lowest BCUT2D eigenvalue weighted by Gasteiger charge is -2.09. The van der Waals surface area contributed by atoms with Gasteiger partial charge in [0.1, 0.15) is 5.82 Å². The van der Waals surface area contributed by atoms with E-state index in [0.717, 1.165) is 0 Å². The molecular formula is C9H14N4O2S. The zero-order valence-electron chi connectivity index (χ0n) is 9.14. The third kappa shape index (κ3) is 3.58. The van der Waals surface area contributed by atoms with Crippen molar-refractivity contribution >= 4 is 22.5 Å². The van der Waals surface area contributed by atoms with E-state index >= 15 is 0 Å². The highest BCUT2D eigenvalue weighted by Gasteiger charge is 2.11. The van der Waals surface area contributed by atoms with Crippen LogP contribution in [0.1, 0.15) is 17.4 Å². The second kappa shape index (κ2) is 5.55. The number of nitrogen functional groups attached to an aromatic ring is 1. The Morgan fingerprint density at radius 1 is 1.56 bits per heavy atom. The second-order valence-corrected chi connectivity index (χ2v) is 5.16. The monoisotopic (exact) mass is 242 g/mol. The van der Waals surface area contributed by atoms with Gasteiger partial charge in [0, 0.05) is 28.9 Å². The van der Waals surface area contributed by atoms with Gasteiger partial charge in [-0.1, -0.05) is 0 Å². The maximum absolute atomic E-state index is 11.5. The number of anilines is 1. The number of amides is 1. The average Bonchev–Trinajstić information content (AvgIpc) is 2.26. The molecule has 1 rings (SSSR count). The predicted molar refractivity (Wildman–Crippen MR) is 62.3 cm³/mol. The molecule has 0 bridgehead atoms. The number of carbonyl (C=O) groups is 1. The molecule has 1 amide bonds. The molecule has 0 aliphatic heterocycles. The maximum Gasteiger partial charge on any atom is 0.271 e. The summed E-state index contributed by atoms with van der Waals surface area (Å²) in [5.74, 6) is -0.0793. The maximum atomic E-state index is 11.5. The third-order valence-corrected chi connectivity index (χ3v) is 3.33. The predicted octanol–water partition coefficient (Wildman–Crippen LogP) is -0.444. The van der Waals surface area contributed by atoms with E-state index in [2.05, 4.69) is 15.5 Å². The van der Waals surface area contributed by atoms with Crippen molar-refractivity contribution in [3.8, 4) is 0 Å². The van der Waals surface area contributed by atoms with E-state index in [1.54, 1.807) is 13.2 Å². The highest BCUT2D eigenvalue weighted by Crippen LogP contribution is 1.97. The van der Waals surface area contributed by atoms with Gasteiger partial charge in [-0.3, -0.25) is 9.00 Å². The van der Waals surface area contributed by atoms with Gasteiger partial charge in [0.15, 0.2) is 5.69 Å². The van der Waals surface area contributed by atoms with E-state index in [9.17, 15) is 9.00 Å². The molecule has 0 spiro atoms. The fraction of sp³-hybridized carbons (Fsp3) is 0.444. The summed E-state index contributed by atoms with van der Waals surface area (Å²) in [6, 6.07) is 2.99. The number of nitrogens with one attached hydrogen (secondary N) is 1. The van der Waals surface area contributed by atoms with Crippen molar-refractivity contribution in [1.29, 1.82) is 0 Å². The Kier molecular flexibility index (Phi) is 4.36. The van der Waals surface area contributed by atoms with Crippen LogP contribution >= 0.6 is 0 Å². The van der Waals surface area contributed by atoms with Crippen molar-refractivity contribution < 1.29 is 9.00 Å². The van der Waals surface area contributed by atoms with Crippen LogP contribution in [0.4, 0.5) is 5.82 Å². The zero-order valence-corrected chi connectivity index (χ0v) is 9.95. The topological polar surface area (TPSA) is 98.0 Å². The Labute approximate surface area is 96.1 Å². The van der Waals surface area contributed by atoms with Gasteiger partial charge in [0.05, 0.1) is 0 Å². The zero-order chi connectivity index (χ0) is 12.1. The molecule has 6 nitrogen and oxygen atoms in total. The van der Waals surface area contributed by atoms with Crippen LogP contribution in [-0.2, 0) is 10.8 Å². The van der Waals surface area contributed by atoms with Gasteiger partial charge in [-0.2, -0.15) is 0 Å². The summed E-state index contributed by atoms with van der Waals surface area (Å²) < 4.78 is 11.1. The van der Waals surface area contributed by atoms with Crippen LogP contribution in [0.15, 0.2) is 12.1 Å². The van der Waals surface area contributed by atoms with Gasteiger partial charge in [-0.25, -0.2) is 0 Å². The molecule has 0 aromatic carbocycles. The lowest BCUT2D eigenvalue weighted by atomic mass is 10.3. The van der Waals surface area contributed by atoms with Gasteiger partial charge >= 0.3 is 0 Å². The van der Waals surface area contributed by atoms with Gasteiger partial charge in [0.2, 0.25) is 0 Å². The summed E-state index contributed by atoms with van der Waals surface area (Å²) in [4.78, 5) is 11.5. The summed E-state index contributed by atoms with van der Waals surface area (Å²) >= 11 is 0. The van der Waals surface area contributed by atoms with Gasteiger partial charge in [-0.05, 0) is 19.1 Å². The molecule has 0 aliphatic rings. The van der Waals surface area contributed by atoms with Gasteiger partial charge < -0.3 is 11.1 Å². The fourth-order valence-corrected chi connectivity index (χ4v) is 1.23. The molecule has 7 heteroatoms. The number of nitrogens with zero attached hydrogens (tertiary/aromatic N) is 2. The molecular weight excluding hydrogens is 228 g/mol. The molecule has 3 N–H and O–H groups in total. The van der Waals surface area contributed by atoms with Crippen LogP contribution in [-0.4, -0.2) is 38.4 Å². The van der Waals surface area contributed by atoms with E-state index in [-0.39, 0.29) is 22.7 Å². The number of carbonyl (C=O) groups excluding carboxylic acids is 1. The number of aromatic nitrogens is 2. The first-order valence-corrected chi connectivity index (χ1v) is 6.32. The Hall–Kier alpha value is -1.50. The minimum Gasteiger partial charge on any atom is -0.382 e. The van der Waals surface area contributed by atoms with Crippen molar-refractivity contribution in [3.05, 3.63) is 17.8 Å². The SMILES string of the molecule is CC(CNC(=O)c1ccc(N)nn1)S(C)=O. The van der Waals surface area contributed by atoms with Crippen LogP contribution in [0.3, 0.4) is 0 Å². The standard InChI is InChI=1S/C9H14N4O2S/c1-6(16(2)15)5-11-9(14)7-3-4-8(10)13-12-7/h3-4,6H,5H2,1-2H3,(H2,10,13)(H,11,14). The van der Waals surface area contributed by atoms with Crippen LogP contribution in [0.5, 0.6) is 0 Å². The minimum absolute atomic E-state index is 0.0920. The Bertz CT molecular complexity index is 393. The summed E-state index contributed by atoms with van der Waals surface area (Å²) in [5.41, 5.74) is 5.54. The molecule has 88 valence electrons.